The Morgan fingerprint density at radius 1 is 1.02 bits per heavy atom. The van der Waals surface area contributed by atoms with Crippen molar-refractivity contribution in [3.63, 3.8) is 0 Å². The molecular formula is C32H33N5O5S. The fraction of sp³-hybridized carbons (Fsp3) is 0.188. The third-order valence-electron chi connectivity index (χ3n) is 7.17. The quantitative estimate of drug-likeness (QED) is 0.207. The number of carbonyl (C=O) groups excluding carboxylic acids is 2. The Morgan fingerprint density at radius 2 is 1.77 bits per heavy atom. The number of hydrogen-bond donors (Lipinski definition) is 3. The van der Waals surface area contributed by atoms with E-state index in [4.69, 9.17) is 4.74 Å². The minimum atomic E-state index is -3.86. The molecule has 5 rings (SSSR count). The van der Waals surface area contributed by atoms with Crippen molar-refractivity contribution < 1.29 is 22.7 Å². The minimum Gasteiger partial charge on any atom is -0.496 e. The van der Waals surface area contributed by atoms with E-state index in [1.807, 2.05) is 25.3 Å². The van der Waals surface area contributed by atoms with Gasteiger partial charge in [-0.2, -0.15) is 12.7 Å². The number of aromatic nitrogens is 2. The summed E-state index contributed by atoms with van der Waals surface area (Å²) in [6.45, 7) is 2.33. The Bertz CT molecular complexity index is 1970. The zero-order chi connectivity index (χ0) is 30.7. The van der Waals surface area contributed by atoms with Crippen LogP contribution < -0.4 is 15.4 Å². The predicted molar refractivity (Wildman–Crippen MR) is 168 cm³/mol. The number of aryl methyl sites for hydroxylation is 1. The van der Waals surface area contributed by atoms with Crippen LogP contribution in [0.1, 0.15) is 27.0 Å². The van der Waals surface area contributed by atoms with Crippen LogP contribution in [-0.4, -0.2) is 61.2 Å². The number of para-hydroxylation sites is 2. The lowest BCUT2D eigenvalue weighted by Gasteiger charge is -2.13. The molecule has 0 saturated heterocycles. The average molecular weight is 600 g/mol. The van der Waals surface area contributed by atoms with Gasteiger partial charge in [-0.25, -0.2) is 3.97 Å². The van der Waals surface area contributed by atoms with Crippen molar-refractivity contribution in [1.29, 1.82) is 0 Å². The second-order valence-electron chi connectivity index (χ2n) is 10.3. The largest absolute Gasteiger partial charge is 0.496 e. The summed E-state index contributed by atoms with van der Waals surface area (Å²) in [5.41, 5.74) is 4.29. The summed E-state index contributed by atoms with van der Waals surface area (Å²) in [5, 5.41) is 7.32. The van der Waals surface area contributed by atoms with Gasteiger partial charge in [-0.05, 0) is 55.3 Å². The van der Waals surface area contributed by atoms with Crippen LogP contribution in [0.3, 0.4) is 0 Å². The maximum Gasteiger partial charge on any atom is 0.307 e. The summed E-state index contributed by atoms with van der Waals surface area (Å²) < 4.78 is 33.8. The highest BCUT2D eigenvalue weighted by molar-refractivity contribution is 7.87. The molecule has 0 aliphatic carbocycles. The third-order valence-corrected chi connectivity index (χ3v) is 8.89. The number of nitrogens with zero attached hydrogens (tertiary/aromatic N) is 2. The van der Waals surface area contributed by atoms with E-state index in [9.17, 15) is 18.0 Å². The maximum atomic E-state index is 13.6. The Labute approximate surface area is 250 Å². The molecule has 0 bridgehead atoms. The number of hydrogen-bond acceptors (Lipinski definition) is 5. The molecule has 3 N–H and O–H groups in total. The number of fused-ring (bicyclic) bond motifs is 2. The molecule has 0 fully saturated rings. The molecule has 11 heteroatoms. The molecule has 5 aromatic rings. The monoisotopic (exact) mass is 599 g/mol. The van der Waals surface area contributed by atoms with Gasteiger partial charge in [0.25, 0.3) is 11.8 Å². The minimum absolute atomic E-state index is 0.0455. The lowest BCUT2D eigenvalue weighted by molar-refractivity contribution is -0.117. The SMILES string of the molecule is COc1ccccc1C(=O)N/C(=C\c1cn(S(=O)(=O)N(C)C)c2ccccc12)C(=O)NCCc1c[nH]c2ccc(C)cc12. The van der Waals surface area contributed by atoms with Crippen molar-refractivity contribution >= 4 is 49.9 Å². The van der Waals surface area contributed by atoms with Gasteiger partial charge in [-0.3, -0.25) is 9.59 Å². The first-order chi connectivity index (χ1) is 20.6. The number of aromatic amines is 1. The first-order valence-corrected chi connectivity index (χ1v) is 15.0. The van der Waals surface area contributed by atoms with Crippen LogP contribution in [0.15, 0.2) is 84.8 Å². The van der Waals surface area contributed by atoms with Crippen molar-refractivity contribution in [2.45, 2.75) is 13.3 Å². The summed E-state index contributed by atoms with van der Waals surface area (Å²) in [6.07, 6.45) is 5.42. The molecule has 0 atom stereocenters. The second-order valence-corrected chi connectivity index (χ2v) is 12.3. The Balaban J connectivity index is 1.49. The Hall–Kier alpha value is -4.87. The predicted octanol–water partition coefficient (Wildman–Crippen LogP) is 4.22. The number of rotatable bonds is 10. The zero-order valence-corrected chi connectivity index (χ0v) is 25.2. The number of methoxy groups -OCH3 is 1. The van der Waals surface area contributed by atoms with Gasteiger partial charge in [-0.1, -0.05) is 42.0 Å². The van der Waals surface area contributed by atoms with Crippen molar-refractivity contribution in [2.24, 2.45) is 0 Å². The lowest BCUT2D eigenvalue weighted by atomic mass is 10.1. The molecule has 2 amide bonds. The molecule has 0 aliphatic rings. The van der Waals surface area contributed by atoms with Gasteiger partial charge in [0, 0.05) is 54.9 Å². The van der Waals surface area contributed by atoms with Gasteiger partial charge in [0.15, 0.2) is 0 Å². The number of amides is 2. The van der Waals surface area contributed by atoms with E-state index in [2.05, 4.69) is 21.7 Å². The molecule has 2 aromatic heterocycles. The Kier molecular flexibility index (Phi) is 8.38. The van der Waals surface area contributed by atoms with Crippen LogP contribution in [0.5, 0.6) is 5.75 Å². The van der Waals surface area contributed by atoms with Crippen molar-refractivity contribution in [2.75, 3.05) is 27.7 Å². The summed E-state index contributed by atoms with van der Waals surface area (Å²) in [5.74, 6) is -0.717. The first-order valence-electron chi connectivity index (χ1n) is 13.6. The second kappa shape index (κ2) is 12.2. The highest BCUT2D eigenvalue weighted by Gasteiger charge is 2.22. The van der Waals surface area contributed by atoms with E-state index in [1.165, 1.54) is 33.5 Å². The molecule has 0 spiro atoms. The van der Waals surface area contributed by atoms with E-state index in [1.54, 1.807) is 48.5 Å². The molecule has 2 heterocycles. The van der Waals surface area contributed by atoms with Gasteiger partial charge in [0.2, 0.25) is 0 Å². The van der Waals surface area contributed by atoms with Crippen LogP contribution in [0.4, 0.5) is 0 Å². The van der Waals surface area contributed by atoms with Crippen LogP contribution in [0, 0.1) is 6.92 Å². The van der Waals surface area contributed by atoms with E-state index in [0.717, 1.165) is 30.3 Å². The average Bonchev–Trinajstić information content (AvgIpc) is 3.58. The fourth-order valence-electron chi connectivity index (χ4n) is 4.90. The lowest BCUT2D eigenvalue weighted by Crippen LogP contribution is -2.35. The first kappa shape index (κ1) is 29.6. The summed E-state index contributed by atoms with van der Waals surface area (Å²) >= 11 is 0. The van der Waals surface area contributed by atoms with Crippen molar-refractivity contribution in [3.8, 4) is 5.75 Å². The summed E-state index contributed by atoms with van der Waals surface area (Å²) in [7, 11) is 0.490. The summed E-state index contributed by atoms with van der Waals surface area (Å²) in [6, 6.07) is 19.8. The van der Waals surface area contributed by atoms with Gasteiger partial charge in [0.1, 0.15) is 11.4 Å². The topological polar surface area (TPSA) is 126 Å². The highest BCUT2D eigenvalue weighted by Crippen LogP contribution is 2.26. The zero-order valence-electron chi connectivity index (χ0n) is 24.3. The number of H-pyrrole nitrogens is 1. The van der Waals surface area contributed by atoms with E-state index >= 15 is 0 Å². The van der Waals surface area contributed by atoms with Gasteiger partial charge < -0.3 is 20.4 Å². The van der Waals surface area contributed by atoms with Crippen LogP contribution >= 0.6 is 0 Å². The maximum absolute atomic E-state index is 13.6. The highest BCUT2D eigenvalue weighted by atomic mass is 32.2. The molecule has 0 unspecified atom stereocenters. The van der Waals surface area contributed by atoms with Crippen molar-refractivity contribution in [1.82, 2.24) is 23.9 Å². The van der Waals surface area contributed by atoms with Crippen LogP contribution in [0.25, 0.3) is 27.9 Å². The molecular weight excluding hydrogens is 566 g/mol. The van der Waals surface area contributed by atoms with Gasteiger partial charge in [0.05, 0.1) is 18.2 Å². The third kappa shape index (κ3) is 6.04. The molecule has 222 valence electrons. The fourth-order valence-corrected chi connectivity index (χ4v) is 5.90. The molecule has 0 aliphatic heterocycles. The van der Waals surface area contributed by atoms with Gasteiger partial charge in [-0.15, -0.1) is 0 Å². The molecule has 10 nitrogen and oxygen atoms in total. The normalized spacial score (nSPS) is 12.2. The smallest absolute Gasteiger partial charge is 0.307 e. The Morgan fingerprint density at radius 3 is 2.53 bits per heavy atom. The number of carbonyl (C=O) groups is 2. The molecule has 43 heavy (non-hydrogen) atoms. The number of benzene rings is 3. The summed E-state index contributed by atoms with van der Waals surface area (Å²) in [4.78, 5) is 30.2. The van der Waals surface area contributed by atoms with E-state index < -0.39 is 22.0 Å². The van der Waals surface area contributed by atoms with Crippen molar-refractivity contribution in [3.05, 3.63) is 107 Å². The molecule has 0 radical (unpaired) electrons. The van der Waals surface area contributed by atoms with Crippen LogP contribution in [-0.2, 0) is 21.4 Å². The van der Waals surface area contributed by atoms with E-state index in [0.29, 0.717) is 35.2 Å². The van der Waals surface area contributed by atoms with Crippen LogP contribution in [0.2, 0.25) is 0 Å². The molecule has 0 saturated carbocycles. The standard InChI is InChI=1S/C32H33N5O5S/c1-21-13-14-27-26(17-21)22(19-34-27)15-16-33-32(39)28(35-31(38)25-10-6-8-12-30(25)42-4)18-23-20-37(43(40,41)36(2)3)29-11-7-5-9-24(23)29/h5-14,17-20,34H,15-16H2,1-4H3,(H,33,39)(H,35,38)/b28-18-. The number of ether oxygens (including phenoxy) is 1. The number of nitrogens with one attached hydrogen (secondary N) is 3. The van der Waals surface area contributed by atoms with E-state index in [-0.39, 0.29) is 11.3 Å². The molecule has 3 aromatic carbocycles. The van der Waals surface area contributed by atoms with Gasteiger partial charge >= 0.3 is 10.2 Å².